The highest BCUT2D eigenvalue weighted by atomic mass is 16.5. The summed E-state index contributed by atoms with van der Waals surface area (Å²) in [5, 5.41) is 3.03. The summed E-state index contributed by atoms with van der Waals surface area (Å²) < 4.78 is 4.89. The fraction of sp³-hybridized carbons (Fsp3) is 0.467. The van der Waals surface area contributed by atoms with Crippen LogP contribution in [-0.2, 0) is 9.53 Å². The third kappa shape index (κ3) is 4.83. The Bertz CT molecular complexity index is 426. The summed E-state index contributed by atoms with van der Waals surface area (Å²) in [5.74, 6) is -0.427. The summed E-state index contributed by atoms with van der Waals surface area (Å²) in [6, 6.07) is 6.83. The molecule has 0 aliphatic carbocycles. The van der Waals surface area contributed by atoms with Gasteiger partial charge in [-0.05, 0) is 20.4 Å². The van der Waals surface area contributed by atoms with Crippen molar-refractivity contribution in [3.8, 4) is 0 Å². The Labute approximate surface area is 114 Å². The van der Waals surface area contributed by atoms with Crippen LogP contribution in [0.5, 0.6) is 0 Å². The number of esters is 1. The second-order valence-corrected chi connectivity index (χ2v) is 4.35. The number of hydrogen-bond acceptors (Lipinski definition) is 4. The molecule has 0 radical (unpaired) electrons. The first-order valence-corrected chi connectivity index (χ1v) is 6.58. The van der Waals surface area contributed by atoms with Gasteiger partial charge in [0.05, 0.1) is 19.1 Å². The van der Waals surface area contributed by atoms with Gasteiger partial charge in [0.25, 0.3) is 0 Å². The summed E-state index contributed by atoms with van der Waals surface area (Å²) >= 11 is 0. The van der Waals surface area contributed by atoms with E-state index >= 15 is 0 Å². The van der Waals surface area contributed by atoms with Crippen molar-refractivity contribution in [2.45, 2.75) is 33.2 Å². The molecule has 0 bridgehead atoms. The highest BCUT2D eigenvalue weighted by Crippen LogP contribution is 2.09. The summed E-state index contributed by atoms with van der Waals surface area (Å²) in [5.41, 5.74) is 1.71. The first-order valence-electron chi connectivity index (χ1n) is 6.58. The molecule has 1 atom stereocenters. The third-order valence-electron chi connectivity index (χ3n) is 2.78. The van der Waals surface area contributed by atoms with Crippen LogP contribution >= 0.6 is 0 Å². The lowest BCUT2D eigenvalue weighted by Gasteiger charge is -2.16. The van der Waals surface area contributed by atoms with E-state index in [9.17, 15) is 9.59 Å². The number of hydrogen-bond donors (Lipinski definition) is 1. The molecule has 1 aromatic carbocycles. The third-order valence-corrected chi connectivity index (χ3v) is 2.78. The van der Waals surface area contributed by atoms with Crippen molar-refractivity contribution in [3.63, 3.8) is 0 Å². The van der Waals surface area contributed by atoms with Gasteiger partial charge < -0.3 is 10.1 Å². The van der Waals surface area contributed by atoms with E-state index in [1.807, 2.05) is 26.0 Å². The lowest BCUT2D eigenvalue weighted by Crippen LogP contribution is -2.39. The number of rotatable bonds is 7. The van der Waals surface area contributed by atoms with E-state index in [0.29, 0.717) is 18.7 Å². The average molecular weight is 263 g/mol. The van der Waals surface area contributed by atoms with Gasteiger partial charge in [-0.1, -0.05) is 36.8 Å². The molecule has 0 aromatic heterocycles. The van der Waals surface area contributed by atoms with Gasteiger partial charge in [0, 0.05) is 5.56 Å². The largest absolute Gasteiger partial charge is 0.466 e. The standard InChI is InChI=1S/C15H21NO3/c1-4-16-13(10-14(17)19-5-2)15(18)12-8-6-11(3)7-9-12/h6-9,13,16H,4-5,10H2,1-3H3. The van der Waals surface area contributed by atoms with Crippen molar-refractivity contribution in [1.29, 1.82) is 0 Å². The predicted octanol–water partition coefficient (Wildman–Crippen LogP) is 2.11. The van der Waals surface area contributed by atoms with E-state index in [2.05, 4.69) is 5.32 Å². The minimum atomic E-state index is -0.522. The first-order chi connectivity index (χ1) is 9.08. The summed E-state index contributed by atoms with van der Waals surface area (Å²) in [6.45, 7) is 6.58. The molecule has 0 aliphatic heterocycles. The Balaban J connectivity index is 2.77. The van der Waals surface area contributed by atoms with Gasteiger partial charge in [0.2, 0.25) is 0 Å². The molecule has 1 aromatic rings. The van der Waals surface area contributed by atoms with Crippen LogP contribution in [0.4, 0.5) is 0 Å². The van der Waals surface area contributed by atoms with Crippen molar-refractivity contribution < 1.29 is 14.3 Å². The first kappa shape index (κ1) is 15.4. The number of carbonyl (C=O) groups is 2. The molecular weight excluding hydrogens is 242 g/mol. The zero-order valence-electron chi connectivity index (χ0n) is 11.7. The van der Waals surface area contributed by atoms with Crippen molar-refractivity contribution in [3.05, 3.63) is 35.4 Å². The van der Waals surface area contributed by atoms with Gasteiger partial charge in [-0.3, -0.25) is 9.59 Å². The van der Waals surface area contributed by atoms with E-state index in [0.717, 1.165) is 5.56 Å². The Kier molecular flexibility index (Phi) is 6.22. The van der Waals surface area contributed by atoms with Gasteiger partial charge in [0.15, 0.2) is 5.78 Å². The summed E-state index contributed by atoms with van der Waals surface area (Å²) in [4.78, 5) is 23.8. The Morgan fingerprint density at radius 1 is 1.21 bits per heavy atom. The molecular formula is C15H21NO3. The van der Waals surface area contributed by atoms with E-state index in [1.54, 1.807) is 19.1 Å². The van der Waals surface area contributed by atoms with Crippen LogP contribution in [-0.4, -0.2) is 30.9 Å². The molecule has 0 amide bonds. The molecule has 19 heavy (non-hydrogen) atoms. The maximum absolute atomic E-state index is 12.3. The lowest BCUT2D eigenvalue weighted by atomic mass is 10.0. The molecule has 0 fully saturated rings. The van der Waals surface area contributed by atoms with Crippen molar-refractivity contribution in [2.75, 3.05) is 13.2 Å². The second kappa shape index (κ2) is 7.69. The SMILES string of the molecule is CCNC(CC(=O)OCC)C(=O)c1ccc(C)cc1. The molecule has 0 spiro atoms. The fourth-order valence-corrected chi connectivity index (χ4v) is 1.81. The van der Waals surface area contributed by atoms with Crippen molar-refractivity contribution in [2.24, 2.45) is 0 Å². The zero-order chi connectivity index (χ0) is 14.3. The molecule has 0 saturated carbocycles. The summed E-state index contributed by atoms with van der Waals surface area (Å²) in [7, 11) is 0. The summed E-state index contributed by atoms with van der Waals surface area (Å²) in [6.07, 6.45) is 0.0639. The number of aryl methyl sites for hydroxylation is 1. The van der Waals surface area contributed by atoms with Crippen LogP contribution in [0.15, 0.2) is 24.3 Å². The number of benzene rings is 1. The number of ketones is 1. The minimum Gasteiger partial charge on any atom is -0.466 e. The van der Waals surface area contributed by atoms with Crippen molar-refractivity contribution in [1.82, 2.24) is 5.32 Å². The van der Waals surface area contributed by atoms with E-state index in [-0.39, 0.29) is 18.2 Å². The number of likely N-dealkylation sites (N-methyl/N-ethyl adjacent to an activating group) is 1. The highest BCUT2D eigenvalue weighted by Gasteiger charge is 2.22. The van der Waals surface area contributed by atoms with Gasteiger partial charge in [-0.2, -0.15) is 0 Å². The van der Waals surface area contributed by atoms with Gasteiger partial charge in [-0.15, -0.1) is 0 Å². The number of nitrogens with one attached hydrogen (secondary N) is 1. The lowest BCUT2D eigenvalue weighted by molar-refractivity contribution is -0.143. The monoisotopic (exact) mass is 263 g/mol. The number of ether oxygens (including phenoxy) is 1. The highest BCUT2D eigenvalue weighted by molar-refractivity contribution is 6.01. The molecule has 0 heterocycles. The topological polar surface area (TPSA) is 55.4 Å². The molecule has 0 saturated heterocycles. The Hall–Kier alpha value is -1.68. The Morgan fingerprint density at radius 3 is 2.37 bits per heavy atom. The van der Waals surface area contributed by atoms with Gasteiger partial charge in [-0.25, -0.2) is 0 Å². The van der Waals surface area contributed by atoms with Crippen LogP contribution in [0, 0.1) is 6.92 Å². The number of Topliss-reactive ketones (excluding diaryl/α,β-unsaturated/α-hetero) is 1. The Morgan fingerprint density at radius 2 is 1.84 bits per heavy atom. The van der Waals surface area contributed by atoms with Crippen LogP contribution < -0.4 is 5.32 Å². The molecule has 1 rings (SSSR count). The molecule has 4 nitrogen and oxygen atoms in total. The fourth-order valence-electron chi connectivity index (χ4n) is 1.81. The van der Waals surface area contributed by atoms with E-state index < -0.39 is 6.04 Å². The molecule has 1 N–H and O–H groups in total. The van der Waals surface area contributed by atoms with Crippen molar-refractivity contribution >= 4 is 11.8 Å². The maximum Gasteiger partial charge on any atom is 0.307 e. The number of carbonyl (C=O) groups excluding carboxylic acids is 2. The van der Waals surface area contributed by atoms with Crippen LogP contribution in [0.1, 0.15) is 36.2 Å². The maximum atomic E-state index is 12.3. The molecule has 1 unspecified atom stereocenters. The zero-order valence-corrected chi connectivity index (χ0v) is 11.7. The quantitative estimate of drug-likeness (QED) is 0.604. The average Bonchev–Trinajstić information content (AvgIpc) is 2.38. The molecule has 104 valence electrons. The molecule has 4 heteroatoms. The minimum absolute atomic E-state index is 0.0639. The predicted molar refractivity (Wildman–Crippen MR) is 74.2 cm³/mol. The van der Waals surface area contributed by atoms with E-state index in [4.69, 9.17) is 4.74 Å². The second-order valence-electron chi connectivity index (χ2n) is 4.35. The smallest absolute Gasteiger partial charge is 0.307 e. The van der Waals surface area contributed by atoms with Crippen LogP contribution in [0.25, 0.3) is 0 Å². The van der Waals surface area contributed by atoms with Crippen LogP contribution in [0.3, 0.4) is 0 Å². The van der Waals surface area contributed by atoms with Gasteiger partial charge >= 0.3 is 5.97 Å². The van der Waals surface area contributed by atoms with Gasteiger partial charge in [0.1, 0.15) is 0 Å². The molecule has 0 aliphatic rings. The van der Waals surface area contributed by atoms with E-state index in [1.165, 1.54) is 0 Å². The van der Waals surface area contributed by atoms with Crippen LogP contribution in [0.2, 0.25) is 0 Å². The normalized spacial score (nSPS) is 11.9.